The summed E-state index contributed by atoms with van der Waals surface area (Å²) in [6, 6.07) is 0. The van der Waals surface area contributed by atoms with Crippen molar-refractivity contribution in [3.63, 3.8) is 0 Å². The van der Waals surface area contributed by atoms with Gasteiger partial charge in [0.2, 0.25) is 0 Å². The predicted molar refractivity (Wildman–Crippen MR) is 75.3 cm³/mol. The first kappa shape index (κ1) is 12.8. The maximum Gasteiger partial charge on any atom is 0.340 e. The molecule has 0 atom stereocenters. The van der Waals surface area contributed by atoms with Crippen LogP contribution in [-0.4, -0.2) is 17.8 Å². The second-order valence-electron chi connectivity index (χ2n) is 4.91. The molecule has 0 saturated carbocycles. The maximum absolute atomic E-state index is 12.1. The summed E-state index contributed by atoms with van der Waals surface area (Å²) >= 11 is 1.49. The number of hydrogen-bond donors (Lipinski definition) is 0. The summed E-state index contributed by atoms with van der Waals surface area (Å²) in [5.74, 6) is -0.289. The summed E-state index contributed by atoms with van der Waals surface area (Å²) in [6.07, 6.45) is 9.08. The molecule has 0 fully saturated rings. The molecule has 0 spiro atoms. The Morgan fingerprint density at radius 3 is 2.83 bits per heavy atom. The van der Waals surface area contributed by atoms with Crippen molar-refractivity contribution >= 4 is 35.8 Å². The van der Waals surface area contributed by atoms with Gasteiger partial charge in [0.25, 0.3) is 0 Å². The fraction of sp³-hybridized carbons (Fsp3) is 0.286. The number of carbonyl (C=O) groups excluding carboxylic acids is 1. The van der Waals surface area contributed by atoms with Crippen molar-refractivity contribution < 1.29 is 9.53 Å². The van der Waals surface area contributed by atoms with Gasteiger partial charge in [-0.15, -0.1) is 11.3 Å². The Labute approximate surface area is 110 Å². The Morgan fingerprint density at radius 2 is 2.11 bits per heavy atom. The number of hydrogen-bond acceptors (Lipinski definition) is 4. The van der Waals surface area contributed by atoms with Crippen molar-refractivity contribution in [2.75, 3.05) is 0 Å². The zero-order chi connectivity index (χ0) is 13.2. The van der Waals surface area contributed by atoms with Gasteiger partial charge in [-0.3, -0.25) is 4.99 Å². The van der Waals surface area contributed by atoms with E-state index in [4.69, 9.17) is 4.74 Å². The van der Waals surface area contributed by atoms with Crippen LogP contribution in [0, 0.1) is 0 Å². The summed E-state index contributed by atoms with van der Waals surface area (Å²) in [5, 5.41) is 2.70. The second-order valence-corrected chi connectivity index (χ2v) is 5.82. The lowest BCUT2D eigenvalue weighted by Gasteiger charge is -2.18. The number of ether oxygens (including phenoxy) is 1. The average Bonchev–Trinajstić information content (AvgIpc) is 2.57. The van der Waals surface area contributed by atoms with Crippen molar-refractivity contribution in [3.8, 4) is 0 Å². The van der Waals surface area contributed by atoms with E-state index in [1.54, 1.807) is 12.4 Å². The van der Waals surface area contributed by atoms with Crippen LogP contribution in [0.5, 0.6) is 0 Å². The predicted octanol–water partition coefficient (Wildman–Crippen LogP) is 1.86. The fourth-order valence-corrected chi connectivity index (χ4v) is 2.40. The van der Waals surface area contributed by atoms with Crippen LogP contribution < -0.4 is 9.75 Å². The Morgan fingerprint density at radius 1 is 1.33 bits per heavy atom. The minimum absolute atomic E-state index is 0.289. The van der Waals surface area contributed by atoms with Gasteiger partial charge in [-0.25, -0.2) is 4.79 Å². The van der Waals surface area contributed by atoms with E-state index in [0.29, 0.717) is 5.56 Å². The Kier molecular flexibility index (Phi) is 3.48. The van der Waals surface area contributed by atoms with E-state index < -0.39 is 5.60 Å². The first-order valence-electron chi connectivity index (χ1n) is 5.68. The standard InChI is InChI=1S/C14H15NO2S/c1-14(2,3)17-13(16)11-9-18-12-8-15-7-5-4-6-10(11)12/h4-9H,1-3H3/b5-4+,6-4?,7-5?,10-6-,12-8+,15-7+,15-8?. The van der Waals surface area contributed by atoms with Gasteiger partial charge < -0.3 is 4.74 Å². The first-order chi connectivity index (χ1) is 8.47. The van der Waals surface area contributed by atoms with Crippen LogP contribution in [0.3, 0.4) is 0 Å². The van der Waals surface area contributed by atoms with Gasteiger partial charge in [-0.2, -0.15) is 0 Å². The number of fused-ring (bicyclic) bond motifs is 1. The molecule has 0 unspecified atom stereocenters. The molecule has 0 aromatic carbocycles. The number of esters is 1. The van der Waals surface area contributed by atoms with Gasteiger partial charge in [0.15, 0.2) is 0 Å². The van der Waals surface area contributed by atoms with E-state index in [0.717, 1.165) is 9.75 Å². The number of carbonyl (C=O) groups is 1. The minimum Gasteiger partial charge on any atom is -0.456 e. The molecule has 0 bridgehead atoms. The highest BCUT2D eigenvalue weighted by molar-refractivity contribution is 7.08. The molecule has 4 heteroatoms. The van der Waals surface area contributed by atoms with Crippen LogP contribution in [0.1, 0.15) is 31.1 Å². The highest BCUT2D eigenvalue weighted by atomic mass is 32.1. The fourth-order valence-electron chi connectivity index (χ4n) is 1.51. The minimum atomic E-state index is -0.481. The monoisotopic (exact) mass is 261 g/mol. The molecule has 1 aromatic rings. The molecule has 0 saturated heterocycles. The number of allylic oxidation sites excluding steroid dienone is 2. The van der Waals surface area contributed by atoms with Gasteiger partial charge in [-0.1, -0.05) is 12.2 Å². The lowest BCUT2D eigenvalue weighted by molar-refractivity contribution is 0.00688. The van der Waals surface area contributed by atoms with Gasteiger partial charge in [-0.05, 0) is 26.8 Å². The third-order valence-electron chi connectivity index (χ3n) is 2.22. The normalized spacial score (nSPS) is 21.3. The van der Waals surface area contributed by atoms with Crippen LogP contribution in [0.25, 0.3) is 12.3 Å². The molecule has 1 aromatic heterocycles. The molecule has 1 aliphatic rings. The molecule has 1 aliphatic heterocycles. The van der Waals surface area contributed by atoms with Gasteiger partial charge in [0.05, 0.1) is 10.1 Å². The Hall–Kier alpha value is -1.68. The third kappa shape index (κ3) is 2.96. The Balaban J connectivity index is 2.46. The molecule has 0 aliphatic carbocycles. The van der Waals surface area contributed by atoms with Gasteiger partial charge >= 0.3 is 5.97 Å². The third-order valence-corrected chi connectivity index (χ3v) is 3.15. The summed E-state index contributed by atoms with van der Waals surface area (Å²) in [7, 11) is 0. The quantitative estimate of drug-likeness (QED) is 0.724. The van der Waals surface area contributed by atoms with E-state index in [2.05, 4.69) is 4.99 Å². The highest BCUT2D eigenvalue weighted by Crippen LogP contribution is 2.10. The number of nitrogens with zero attached hydrogens (tertiary/aromatic N) is 1. The van der Waals surface area contributed by atoms with Gasteiger partial charge in [0.1, 0.15) is 5.60 Å². The van der Waals surface area contributed by atoms with E-state index in [9.17, 15) is 4.79 Å². The first-order valence-corrected chi connectivity index (χ1v) is 6.56. The van der Waals surface area contributed by atoms with Crippen molar-refractivity contribution in [1.82, 2.24) is 0 Å². The maximum atomic E-state index is 12.1. The molecule has 94 valence electrons. The summed E-state index contributed by atoms with van der Waals surface area (Å²) in [4.78, 5) is 16.2. The van der Waals surface area contributed by atoms with Crippen LogP contribution >= 0.6 is 11.3 Å². The lowest BCUT2D eigenvalue weighted by Crippen LogP contribution is -2.30. The SMILES string of the molecule is CC(C)(C)OC(=O)c1csc2/c1=C\C=C\C=N\C=2. The molecule has 3 nitrogen and oxygen atoms in total. The van der Waals surface area contributed by atoms with E-state index in [1.165, 1.54) is 11.3 Å². The van der Waals surface area contributed by atoms with Crippen molar-refractivity contribution in [1.29, 1.82) is 0 Å². The summed E-state index contributed by atoms with van der Waals surface area (Å²) in [5.41, 5.74) is 0.119. The van der Waals surface area contributed by atoms with E-state index in [1.807, 2.05) is 44.4 Å². The zero-order valence-corrected chi connectivity index (χ0v) is 11.5. The van der Waals surface area contributed by atoms with E-state index in [-0.39, 0.29) is 5.97 Å². The van der Waals surface area contributed by atoms with E-state index >= 15 is 0 Å². The van der Waals surface area contributed by atoms with Crippen LogP contribution in [-0.2, 0) is 4.74 Å². The molecule has 0 N–H and O–H groups in total. The van der Waals surface area contributed by atoms with Crippen molar-refractivity contribution in [3.05, 3.63) is 32.8 Å². The number of rotatable bonds is 1. The molecule has 18 heavy (non-hydrogen) atoms. The molecule has 2 rings (SSSR count). The summed E-state index contributed by atoms with van der Waals surface area (Å²) in [6.45, 7) is 5.59. The molecule has 0 amide bonds. The smallest absolute Gasteiger partial charge is 0.340 e. The van der Waals surface area contributed by atoms with Crippen LogP contribution in [0.15, 0.2) is 22.5 Å². The van der Waals surface area contributed by atoms with Crippen molar-refractivity contribution in [2.45, 2.75) is 26.4 Å². The van der Waals surface area contributed by atoms with Gasteiger partial charge in [0, 0.05) is 23.0 Å². The van der Waals surface area contributed by atoms with Crippen LogP contribution in [0.2, 0.25) is 0 Å². The van der Waals surface area contributed by atoms with Crippen LogP contribution in [0.4, 0.5) is 0 Å². The Bertz CT molecular complexity index is 630. The molecule has 2 heterocycles. The van der Waals surface area contributed by atoms with Crippen molar-refractivity contribution in [2.24, 2.45) is 4.99 Å². The number of thiophene rings is 1. The molecule has 0 radical (unpaired) electrons. The summed E-state index contributed by atoms with van der Waals surface area (Å²) < 4.78 is 6.36. The topological polar surface area (TPSA) is 38.7 Å². The number of aliphatic imine (C=N–C) groups is 1. The zero-order valence-electron chi connectivity index (χ0n) is 10.6. The second kappa shape index (κ2) is 4.90. The molecular formula is C14H15NO2S. The highest BCUT2D eigenvalue weighted by Gasteiger charge is 2.19. The largest absolute Gasteiger partial charge is 0.456 e. The average molecular weight is 261 g/mol. The molecular weight excluding hydrogens is 246 g/mol. The lowest BCUT2D eigenvalue weighted by atomic mass is 10.2.